The van der Waals surface area contributed by atoms with Crippen LogP contribution in [-0.4, -0.2) is 19.1 Å². The number of pyridine rings is 4. The van der Waals surface area contributed by atoms with Crippen LogP contribution < -0.4 is 20.9 Å². The number of unbranched alkanes of at least 4 members (excludes halogenated alkanes) is 24. The summed E-state index contributed by atoms with van der Waals surface area (Å²) in [7, 11) is 0. The lowest BCUT2D eigenvalue weighted by atomic mass is 9.89. The van der Waals surface area contributed by atoms with E-state index in [0.29, 0.717) is 47.0 Å². The van der Waals surface area contributed by atoms with E-state index in [1.165, 1.54) is 154 Å². The molecule has 8 aromatic carbocycles. The van der Waals surface area contributed by atoms with Gasteiger partial charge in [-0.25, -0.2) is 9.97 Å². The Kier molecular flexibility index (Phi) is 26.9. The van der Waals surface area contributed by atoms with Crippen LogP contribution in [0.25, 0.3) is 76.9 Å². The van der Waals surface area contributed by atoms with Crippen molar-refractivity contribution < 1.29 is 0 Å². The van der Waals surface area contributed by atoms with Gasteiger partial charge in [-0.05, 0) is 145 Å². The quantitative estimate of drug-likeness (QED) is 0.0215. The SMILES string of the molecule is CCCCCCCCCCC(CCCCCCCC)Cn1c(=O)c2cc3cc(-c4ccc(N(c5ccccc5)c5ccccc5)cc4)nc4c3c3c(cc5cc(-c6ccc(N(c7ccccc7)c7ccccc7)cc6)nc1c5c23)c(=O)n4CC(CCCCCCCC)CCCCCCCCCC. The maximum Gasteiger partial charge on any atom is 0.260 e. The highest BCUT2D eigenvalue weighted by Crippen LogP contribution is 2.45. The van der Waals surface area contributed by atoms with Crippen molar-refractivity contribution in [2.24, 2.45) is 11.8 Å². The lowest BCUT2D eigenvalue weighted by molar-refractivity contribution is 0.357. The lowest BCUT2D eigenvalue weighted by Gasteiger charge is -2.26. The second-order valence-corrected chi connectivity index (χ2v) is 29.8. The molecular weight excluding hydrogens is 1250 g/mol. The van der Waals surface area contributed by atoms with Gasteiger partial charge in [-0.1, -0.05) is 305 Å². The summed E-state index contributed by atoms with van der Waals surface area (Å²) in [6.45, 7) is 10.4. The molecule has 0 aliphatic heterocycles. The molecule has 0 aliphatic rings. The van der Waals surface area contributed by atoms with Crippen LogP contribution >= 0.6 is 0 Å². The summed E-state index contributed by atoms with van der Waals surface area (Å²) in [4.78, 5) is 49.2. The Labute approximate surface area is 609 Å². The molecule has 532 valence electrons. The number of rotatable bonds is 44. The van der Waals surface area contributed by atoms with Gasteiger partial charge in [0, 0.05) is 90.7 Å². The maximum atomic E-state index is 16.6. The smallest absolute Gasteiger partial charge is 0.260 e. The van der Waals surface area contributed by atoms with Crippen LogP contribution in [0.1, 0.15) is 233 Å². The largest absolute Gasteiger partial charge is 0.311 e. The molecule has 0 bridgehead atoms. The van der Waals surface area contributed by atoms with Crippen molar-refractivity contribution in [2.75, 3.05) is 9.80 Å². The molecule has 0 N–H and O–H groups in total. The zero-order chi connectivity index (χ0) is 70.2. The van der Waals surface area contributed by atoms with Crippen LogP contribution in [0, 0.1) is 11.8 Å². The first-order valence-corrected chi connectivity index (χ1v) is 40.3. The predicted octanol–water partition coefficient (Wildman–Crippen LogP) is 27.5. The Morgan fingerprint density at radius 2 is 0.549 bits per heavy atom. The third kappa shape index (κ3) is 18.0. The fourth-order valence-electron chi connectivity index (χ4n) is 16.4. The third-order valence-electron chi connectivity index (χ3n) is 22.1. The van der Waals surface area contributed by atoms with Crippen LogP contribution in [0.15, 0.2) is 204 Å². The minimum Gasteiger partial charge on any atom is -0.311 e. The van der Waals surface area contributed by atoms with Crippen LogP contribution in [0.2, 0.25) is 0 Å². The van der Waals surface area contributed by atoms with Gasteiger partial charge in [-0.3, -0.25) is 18.7 Å². The molecule has 0 spiro atoms. The summed E-state index contributed by atoms with van der Waals surface area (Å²) in [5.41, 5.74) is 11.2. The average molecular weight is 1360 g/mol. The molecule has 102 heavy (non-hydrogen) atoms. The highest BCUT2D eigenvalue weighted by Gasteiger charge is 2.28. The second kappa shape index (κ2) is 37.5. The average Bonchev–Trinajstić information content (AvgIpc) is 0.686. The first-order chi connectivity index (χ1) is 50.3. The molecule has 0 amide bonds. The summed E-state index contributed by atoms with van der Waals surface area (Å²) in [6, 6.07) is 68.6. The number of para-hydroxylation sites is 4. The van der Waals surface area contributed by atoms with E-state index in [0.717, 1.165) is 140 Å². The standard InChI is InChI=1S/C94H114N6O2/c1-5-9-13-17-21-23-27-35-47-71(45-33-25-19-15-11-7-3)69-97-91-87-75(67-85(95-91)73-57-61-81(62-58-73)99(77-49-37-29-38-50-77)78-51-39-30-40-52-78)66-84-90-88-76(65-83(89(87)90)93(97)101)68-86(74-59-63-82(64-60-74)100(79-53-41-31-42-54-79)80-55-43-32-44-56-80)96-92(88)98(94(84)102)70-72(46-34-26-20-16-12-8-4)48-36-28-24-22-18-14-10-6-2/h29-32,37-44,49-68,71-72H,5-28,33-36,45-48,69-70H2,1-4H3. The van der Waals surface area contributed by atoms with Crippen molar-refractivity contribution in [2.45, 2.75) is 246 Å². The minimum atomic E-state index is -0.0292. The second-order valence-electron chi connectivity index (χ2n) is 29.8. The van der Waals surface area contributed by atoms with Gasteiger partial charge in [0.15, 0.2) is 0 Å². The van der Waals surface area contributed by atoms with Gasteiger partial charge in [-0.2, -0.15) is 0 Å². The summed E-state index contributed by atoms with van der Waals surface area (Å²) >= 11 is 0. The van der Waals surface area contributed by atoms with Crippen molar-refractivity contribution in [3.05, 3.63) is 215 Å². The van der Waals surface area contributed by atoms with Gasteiger partial charge in [-0.15, -0.1) is 0 Å². The van der Waals surface area contributed by atoms with Gasteiger partial charge in [0.1, 0.15) is 11.3 Å². The molecule has 0 radical (unpaired) electrons. The summed E-state index contributed by atoms with van der Waals surface area (Å²) < 4.78 is 4.19. The van der Waals surface area contributed by atoms with Crippen LogP contribution in [0.5, 0.6) is 0 Å². The molecule has 4 heterocycles. The van der Waals surface area contributed by atoms with Crippen molar-refractivity contribution in [1.82, 2.24) is 19.1 Å². The maximum absolute atomic E-state index is 16.6. The van der Waals surface area contributed by atoms with Crippen molar-refractivity contribution in [3.63, 3.8) is 0 Å². The minimum absolute atomic E-state index is 0.0292. The van der Waals surface area contributed by atoms with E-state index in [1.807, 2.05) is 0 Å². The monoisotopic (exact) mass is 1360 g/mol. The Morgan fingerprint density at radius 1 is 0.294 bits per heavy atom. The van der Waals surface area contributed by atoms with E-state index in [1.54, 1.807) is 0 Å². The normalized spacial score (nSPS) is 12.5. The number of anilines is 6. The summed E-state index contributed by atoms with van der Waals surface area (Å²) in [5.74, 6) is 0.598. The topological polar surface area (TPSA) is 76.3 Å². The molecule has 0 saturated heterocycles. The van der Waals surface area contributed by atoms with E-state index in [4.69, 9.17) is 9.97 Å². The van der Waals surface area contributed by atoms with Gasteiger partial charge in [0.2, 0.25) is 0 Å². The number of benzene rings is 8. The molecule has 2 atom stereocenters. The highest BCUT2D eigenvalue weighted by atomic mass is 16.1. The Hall–Kier alpha value is -8.62. The zero-order valence-electron chi connectivity index (χ0n) is 62.2. The van der Waals surface area contributed by atoms with Crippen molar-refractivity contribution >= 4 is 88.5 Å². The van der Waals surface area contributed by atoms with Crippen LogP contribution in [-0.2, 0) is 13.1 Å². The van der Waals surface area contributed by atoms with Gasteiger partial charge in [0.25, 0.3) is 11.1 Å². The lowest BCUT2D eigenvalue weighted by Crippen LogP contribution is -2.28. The Balaban J connectivity index is 1.03. The number of hydrogen-bond donors (Lipinski definition) is 0. The first kappa shape index (κ1) is 73.1. The zero-order valence-corrected chi connectivity index (χ0v) is 62.2. The molecule has 2 unspecified atom stereocenters. The highest BCUT2D eigenvalue weighted by molar-refractivity contribution is 6.35. The molecule has 0 fully saturated rings. The molecule has 12 rings (SSSR count). The summed E-state index contributed by atoms with van der Waals surface area (Å²) in [6.07, 6.45) is 39.4. The van der Waals surface area contributed by atoms with Gasteiger partial charge < -0.3 is 9.80 Å². The van der Waals surface area contributed by atoms with Crippen LogP contribution in [0.3, 0.4) is 0 Å². The Morgan fingerprint density at radius 3 is 0.824 bits per heavy atom. The molecule has 4 aromatic heterocycles. The van der Waals surface area contributed by atoms with Gasteiger partial charge in [0.05, 0.1) is 11.4 Å². The Bertz CT molecular complexity index is 4210. The number of hydrogen-bond acceptors (Lipinski definition) is 6. The molecule has 0 saturated carbocycles. The van der Waals surface area contributed by atoms with E-state index >= 15 is 9.59 Å². The predicted molar refractivity (Wildman–Crippen MR) is 438 cm³/mol. The molecule has 8 heteroatoms. The molecule has 12 aromatic rings. The van der Waals surface area contributed by atoms with E-state index in [9.17, 15) is 0 Å². The van der Waals surface area contributed by atoms with E-state index < -0.39 is 0 Å². The van der Waals surface area contributed by atoms with E-state index in [2.05, 4.69) is 241 Å². The van der Waals surface area contributed by atoms with Crippen molar-refractivity contribution in [1.29, 1.82) is 0 Å². The molecule has 8 nitrogen and oxygen atoms in total. The number of nitrogens with zero attached hydrogens (tertiary/aromatic N) is 6. The molecule has 0 aliphatic carbocycles. The van der Waals surface area contributed by atoms with Crippen molar-refractivity contribution in [3.8, 4) is 22.5 Å². The fraction of sp³-hybridized carbons (Fsp3) is 0.426. The molecular formula is C94H114N6O2. The number of aromatic nitrogens is 4. The van der Waals surface area contributed by atoms with Crippen LogP contribution in [0.4, 0.5) is 34.1 Å². The van der Waals surface area contributed by atoms with Gasteiger partial charge >= 0.3 is 0 Å². The fourth-order valence-corrected chi connectivity index (χ4v) is 16.4. The summed E-state index contributed by atoms with van der Waals surface area (Å²) in [5, 5.41) is 6.78. The first-order valence-electron chi connectivity index (χ1n) is 40.3. The van der Waals surface area contributed by atoms with E-state index in [-0.39, 0.29) is 11.1 Å². The third-order valence-corrected chi connectivity index (χ3v) is 22.1.